The number of ether oxygens (including phenoxy) is 1. The number of aliphatic imine (C=N–C) groups is 1. The highest BCUT2D eigenvalue weighted by Gasteiger charge is 2.03. The minimum absolute atomic E-state index is 0.344. The number of rotatable bonds is 4. The molecule has 0 atom stereocenters. The van der Waals surface area contributed by atoms with Crippen LogP contribution in [0.25, 0.3) is 0 Å². The van der Waals surface area contributed by atoms with E-state index in [1.807, 2.05) is 57.2 Å². The summed E-state index contributed by atoms with van der Waals surface area (Å²) in [4.78, 5) is 4.48. The van der Waals surface area contributed by atoms with Gasteiger partial charge in [-0.1, -0.05) is 12.1 Å². The quantitative estimate of drug-likeness (QED) is 0.847. The van der Waals surface area contributed by atoms with Gasteiger partial charge in [-0.2, -0.15) is 0 Å². The molecule has 2 aromatic carbocycles. The second-order valence-corrected chi connectivity index (χ2v) is 4.66. The molecule has 0 unspecified atom stereocenters. The van der Waals surface area contributed by atoms with E-state index in [0.29, 0.717) is 12.4 Å². The summed E-state index contributed by atoms with van der Waals surface area (Å²) in [6.07, 6.45) is 1.79. The van der Waals surface area contributed by atoms with Gasteiger partial charge in [-0.25, -0.2) is 0 Å². The van der Waals surface area contributed by atoms with Crippen LogP contribution >= 0.6 is 0 Å². The van der Waals surface area contributed by atoms with Crippen molar-refractivity contribution in [2.45, 2.75) is 20.8 Å². The molecule has 2 aromatic rings. The number of hydrogen-bond acceptors (Lipinski definition) is 3. The number of benzene rings is 2. The van der Waals surface area contributed by atoms with Crippen molar-refractivity contribution < 1.29 is 9.84 Å². The zero-order valence-electron chi connectivity index (χ0n) is 12.1. The number of aryl methyl sites for hydroxylation is 2. The van der Waals surface area contributed by atoms with Gasteiger partial charge in [-0.05, 0) is 61.7 Å². The Kier molecular flexibility index (Phi) is 4.41. The van der Waals surface area contributed by atoms with Crippen LogP contribution < -0.4 is 4.74 Å². The summed E-state index contributed by atoms with van der Waals surface area (Å²) in [5, 5.41) is 9.77. The van der Waals surface area contributed by atoms with Crippen LogP contribution in [0, 0.1) is 13.8 Å². The van der Waals surface area contributed by atoms with Gasteiger partial charge in [-0.3, -0.25) is 4.99 Å². The van der Waals surface area contributed by atoms with Crippen molar-refractivity contribution in [2.75, 3.05) is 6.61 Å². The highest BCUT2D eigenvalue weighted by atomic mass is 16.5. The molecular formula is C17H19NO2. The van der Waals surface area contributed by atoms with E-state index < -0.39 is 0 Å². The Morgan fingerprint density at radius 1 is 1.15 bits per heavy atom. The van der Waals surface area contributed by atoms with Crippen molar-refractivity contribution in [3.8, 4) is 11.5 Å². The normalized spacial score (nSPS) is 10.9. The van der Waals surface area contributed by atoms with E-state index in [0.717, 1.165) is 28.1 Å². The van der Waals surface area contributed by atoms with Crippen LogP contribution in [0.4, 0.5) is 5.69 Å². The van der Waals surface area contributed by atoms with E-state index in [1.165, 1.54) is 0 Å². The largest absolute Gasteiger partial charge is 0.507 e. The lowest BCUT2D eigenvalue weighted by atomic mass is 10.1. The molecule has 1 N–H and O–H groups in total. The van der Waals surface area contributed by atoms with Gasteiger partial charge in [0.05, 0.1) is 6.61 Å². The van der Waals surface area contributed by atoms with Crippen LogP contribution in [0.1, 0.15) is 23.6 Å². The molecule has 0 aliphatic heterocycles. The lowest BCUT2D eigenvalue weighted by molar-refractivity contribution is 0.341. The Bertz CT molecular complexity index is 610. The van der Waals surface area contributed by atoms with Crippen LogP contribution in [0.3, 0.4) is 0 Å². The molecule has 3 nitrogen and oxygen atoms in total. The van der Waals surface area contributed by atoms with Crippen LogP contribution in [0.15, 0.2) is 41.4 Å². The van der Waals surface area contributed by atoms with Gasteiger partial charge >= 0.3 is 0 Å². The summed E-state index contributed by atoms with van der Waals surface area (Å²) < 4.78 is 5.54. The van der Waals surface area contributed by atoms with Crippen molar-refractivity contribution in [2.24, 2.45) is 4.99 Å². The summed E-state index contributed by atoms with van der Waals surface area (Å²) in [7, 11) is 0. The summed E-state index contributed by atoms with van der Waals surface area (Å²) in [5.41, 5.74) is 3.47. The number of nitrogens with zero attached hydrogens (tertiary/aromatic N) is 1. The number of para-hydroxylation sites is 2. The fraction of sp³-hybridized carbons (Fsp3) is 0.235. The molecule has 20 heavy (non-hydrogen) atoms. The van der Waals surface area contributed by atoms with Gasteiger partial charge in [0.2, 0.25) is 0 Å². The van der Waals surface area contributed by atoms with Crippen molar-refractivity contribution >= 4 is 11.9 Å². The van der Waals surface area contributed by atoms with Crippen molar-refractivity contribution in [1.29, 1.82) is 0 Å². The number of phenols is 1. The molecule has 0 bridgehead atoms. The van der Waals surface area contributed by atoms with Crippen molar-refractivity contribution in [3.63, 3.8) is 0 Å². The zero-order valence-corrected chi connectivity index (χ0v) is 12.1. The Hall–Kier alpha value is -2.29. The third-order valence-electron chi connectivity index (χ3n) is 3.03. The molecule has 0 saturated heterocycles. The summed E-state index contributed by atoms with van der Waals surface area (Å²) in [5.74, 6) is 1.12. The first-order valence-corrected chi connectivity index (χ1v) is 6.68. The van der Waals surface area contributed by atoms with Gasteiger partial charge in [0.1, 0.15) is 17.2 Å². The van der Waals surface area contributed by atoms with Crippen LogP contribution in [-0.2, 0) is 0 Å². The minimum atomic E-state index is 0.344. The molecule has 104 valence electrons. The second-order valence-electron chi connectivity index (χ2n) is 4.66. The van der Waals surface area contributed by atoms with Gasteiger partial charge < -0.3 is 9.84 Å². The third kappa shape index (κ3) is 3.18. The topological polar surface area (TPSA) is 41.8 Å². The summed E-state index contributed by atoms with van der Waals surface area (Å²) >= 11 is 0. The lowest BCUT2D eigenvalue weighted by Crippen LogP contribution is -1.91. The van der Waals surface area contributed by atoms with Crippen molar-refractivity contribution in [3.05, 3.63) is 53.1 Å². The summed E-state index contributed by atoms with van der Waals surface area (Å²) in [6.45, 7) is 6.33. The average molecular weight is 269 g/mol. The highest BCUT2D eigenvalue weighted by Crippen LogP contribution is 2.27. The maximum Gasteiger partial charge on any atom is 0.144 e. The molecule has 2 rings (SSSR count). The smallest absolute Gasteiger partial charge is 0.144 e. The van der Waals surface area contributed by atoms with Crippen molar-refractivity contribution in [1.82, 2.24) is 0 Å². The Morgan fingerprint density at radius 3 is 2.45 bits per heavy atom. The minimum Gasteiger partial charge on any atom is -0.507 e. The van der Waals surface area contributed by atoms with E-state index in [4.69, 9.17) is 4.74 Å². The first-order chi connectivity index (χ1) is 9.61. The van der Waals surface area contributed by atoms with E-state index in [2.05, 4.69) is 4.99 Å². The van der Waals surface area contributed by atoms with Gasteiger partial charge in [0, 0.05) is 6.21 Å². The van der Waals surface area contributed by atoms with Gasteiger partial charge in [0.25, 0.3) is 0 Å². The first-order valence-electron chi connectivity index (χ1n) is 6.68. The third-order valence-corrected chi connectivity index (χ3v) is 3.03. The van der Waals surface area contributed by atoms with E-state index in [9.17, 15) is 5.11 Å². The fourth-order valence-corrected chi connectivity index (χ4v) is 2.05. The highest BCUT2D eigenvalue weighted by molar-refractivity contribution is 5.83. The number of hydrogen-bond donors (Lipinski definition) is 1. The Balaban J connectivity index is 2.30. The van der Waals surface area contributed by atoms with Crippen LogP contribution in [0.2, 0.25) is 0 Å². The van der Waals surface area contributed by atoms with E-state index >= 15 is 0 Å². The maximum atomic E-state index is 9.77. The molecular weight excluding hydrogens is 250 g/mol. The molecule has 0 saturated carbocycles. The molecule has 0 radical (unpaired) electrons. The Labute approximate surface area is 119 Å². The molecule has 0 aliphatic carbocycles. The van der Waals surface area contributed by atoms with Gasteiger partial charge in [-0.15, -0.1) is 0 Å². The molecule has 0 aliphatic rings. The van der Waals surface area contributed by atoms with Gasteiger partial charge in [0.15, 0.2) is 0 Å². The monoisotopic (exact) mass is 269 g/mol. The second kappa shape index (κ2) is 6.24. The maximum absolute atomic E-state index is 9.77. The van der Waals surface area contributed by atoms with E-state index in [-0.39, 0.29) is 0 Å². The fourth-order valence-electron chi connectivity index (χ4n) is 2.05. The molecule has 3 heteroatoms. The predicted octanol–water partition coefficient (Wildman–Crippen LogP) is 4.16. The summed E-state index contributed by atoms with van der Waals surface area (Å²) in [6, 6.07) is 11.5. The lowest BCUT2D eigenvalue weighted by Gasteiger charge is -2.06. The number of aromatic hydroxyl groups is 1. The molecule has 0 aromatic heterocycles. The molecule has 0 amide bonds. The Morgan fingerprint density at radius 2 is 1.80 bits per heavy atom. The van der Waals surface area contributed by atoms with Crippen LogP contribution in [-0.4, -0.2) is 17.9 Å². The zero-order chi connectivity index (χ0) is 14.5. The average Bonchev–Trinajstić information content (AvgIpc) is 2.44. The molecule has 0 spiro atoms. The van der Waals surface area contributed by atoms with Crippen LogP contribution in [0.5, 0.6) is 11.5 Å². The molecule has 0 heterocycles. The molecule has 0 fully saturated rings. The number of phenolic OH excluding ortho intramolecular Hbond substituents is 1. The first kappa shape index (κ1) is 14.1. The SMILES string of the molecule is CCOc1ccccc1N=Cc1cc(C)c(O)c(C)c1. The standard InChI is InChI=1S/C17H19NO2/c1-4-20-16-8-6-5-7-15(16)18-11-14-9-12(2)17(19)13(3)10-14/h5-11,19H,4H2,1-3H3. The van der Waals surface area contributed by atoms with E-state index in [1.54, 1.807) is 6.21 Å². The predicted molar refractivity (Wildman–Crippen MR) is 82.4 cm³/mol.